The van der Waals surface area contributed by atoms with E-state index in [-0.39, 0.29) is 57.3 Å². The quantitative estimate of drug-likeness (QED) is 0.676. The molecule has 0 aliphatic heterocycles. The topological polar surface area (TPSA) is 61.8 Å². The normalized spacial score (nSPS) is 10.2. The predicted octanol–water partition coefficient (Wildman–Crippen LogP) is 2.15. The third-order valence-electron chi connectivity index (χ3n) is 2.86. The smallest absolute Gasteiger partial charge is 0.135 e. The van der Waals surface area contributed by atoms with Gasteiger partial charge in [0.15, 0.2) is 0 Å². The zero-order valence-corrected chi connectivity index (χ0v) is 15.3. The maximum atomic E-state index is 12.1. The molecule has 2 rings (SSSR count). The molecule has 1 N–H and O–H groups in total. The van der Waals surface area contributed by atoms with Crippen LogP contribution >= 0.6 is 0 Å². The Morgan fingerprint density at radius 2 is 2.16 bits per heavy atom. The van der Waals surface area contributed by atoms with Gasteiger partial charge in [0, 0.05) is 50.6 Å². The molecule has 97 valence electrons. The van der Waals surface area contributed by atoms with Gasteiger partial charge in [0.05, 0.1) is 29.3 Å². The number of fused-ring (bicyclic) bond motifs is 1. The summed E-state index contributed by atoms with van der Waals surface area (Å²) >= 11 is 0. The fourth-order valence-corrected chi connectivity index (χ4v) is 1.98. The molecule has 1 aromatic heterocycles. The Labute approximate surface area is 146 Å². The third-order valence-corrected chi connectivity index (χ3v) is 2.86. The van der Waals surface area contributed by atoms with Crippen molar-refractivity contribution in [1.82, 2.24) is 9.55 Å². The molecule has 0 saturated carbocycles. The van der Waals surface area contributed by atoms with Crippen LogP contribution < -0.4 is 0 Å². The standard InChI is InChI=1S/C13H14FN3O.Ac/c14-5-1-2-6-17-12-4-3-10(8-15)7-11(12)16-13(17)9-18;/h3-4,7,18H,1-2,5-6,9H2;. The average molecular weight is 474 g/mol. The van der Waals surface area contributed by atoms with Gasteiger partial charge in [0.1, 0.15) is 12.4 Å². The molecule has 0 saturated heterocycles. The molecule has 6 heteroatoms. The monoisotopic (exact) mass is 474 g/mol. The van der Waals surface area contributed by atoms with E-state index in [0.29, 0.717) is 36.3 Å². The summed E-state index contributed by atoms with van der Waals surface area (Å²) in [7, 11) is 0. The van der Waals surface area contributed by atoms with Gasteiger partial charge >= 0.3 is 0 Å². The molecule has 1 radical (unpaired) electrons. The van der Waals surface area contributed by atoms with Gasteiger partial charge in [-0.05, 0) is 31.0 Å². The van der Waals surface area contributed by atoms with Crippen LogP contribution in [0, 0.1) is 55.4 Å². The van der Waals surface area contributed by atoms with Crippen molar-refractivity contribution in [2.24, 2.45) is 0 Å². The van der Waals surface area contributed by atoms with Crippen LogP contribution in [0.4, 0.5) is 4.39 Å². The summed E-state index contributed by atoms with van der Waals surface area (Å²) < 4.78 is 14.0. The largest absolute Gasteiger partial charge is 0.388 e. The molecule has 0 bridgehead atoms. The Morgan fingerprint density at radius 3 is 2.79 bits per heavy atom. The van der Waals surface area contributed by atoms with Crippen molar-refractivity contribution in [2.45, 2.75) is 26.0 Å². The van der Waals surface area contributed by atoms with Crippen LogP contribution in [0.2, 0.25) is 0 Å². The van der Waals surface area contributed by atoms with Gasteiger partial charge in [-0.1, -0.05) is 0 Å². The molecule has 4 nitrogen and oxygen atoms in total. The number of aromatic nitrogens is 2. The molecule has 1 heterocycles. The maximum Gasteiger partial charge on any atom is 0.135 e. The number of aliphatic hydroxyl groups is 1. The summed E-state index contributed by atoms with van der Waals surface area (Å²) in [6, 6.07) is 7.29. The molecule has 0 aliphatic carbocycles. The van der Waals surface area contributed by atoms with E-state index in [0.717, 1.165) is 5.52 Å². The average Bonchev–Trinajstić information content (AvgIpc) is 2.76. The zero-order chi connectivity index (χ0) is 13.0. The summed E-state index contributed by atoms with van der Waals surface area (Å²) in [5, 5.41) is 18.1. The second-order valence-electron chi connectivity index (χ2n) is 4.05. The molecule has 0 amide bonds. The van der Waals surface area contributed by atoms with Crippen molar-refractivity contribution >= 4 is 11.0 Å². The van der Waals surface area contributed by atoms with E-state index in [1.54, 1.807) is 12.1 Å². The summed E-state index contributed by atoms with van der Waals surface area (Å²) in [6.07, 6.45) is 1.20. The molecular formula is C13H14AcFN3O. The minimum absolute atomic E-state index is 0. The Hall–Kier alpha value is -0.488. The number of benzene rings is 1. The van der Waals surface area contributed by atoms with E-state index in [4.69, 9.17) is 5.26 Å². The predicted molar refractivity (Wildman–Crippen MR) is 65.6 cm³/mol. The van der Waals surface area contributed by atoms with E-state index in [1.165, 1.54) is 0 Å². The van der Waals surface area contributed by atoms with Gasteiger partial charge in [-0.15, -0.1) is 0 Å². The summed E-state index contributed by atoms with van der Waals surface area (Å²) in [5.41, 5.74) is 2.11. The van der Waals surface area contributed by atoms with Crippen molar-refractivity contribution in [2.75, 3.05) is 6.67 Å². The maximum absolute atomic E-state index is 12.1. The second-order valence-corrected chi connectivity index (χ2v) is 4.05. The SMILES string of the molecule is N#Cc1ccc2c(c1)nc(CO)n2CCCCF.[Ac]. The molecule has 0 spiro atoms. The summed E-state index contributed by atoms with van der Waals surface area (Å²) in [4.78, 5) is 4.29. The number of aryl methyl sites for hydroxylation is 1. The summed E-state index contributed by atoms with van der Waals surface area (Å²) in [6.45, 7) is 0.133. The number of hydrogen-bond acceptors (Lipinski definition) is 3. The number of alkyl halides is 1. The fourth-order valence-electron chi connectivity index (χ4n) is 1.98. The molecule has 0 fully saturated rings. The number of rotatable bonds is 5. The molecule has 19 heavy (non-hydrogen) atoms. The van der Waals surface area contributed by atoms with Crippen molar-refractivity contribution < 1.29 is 53.6 Å². The van der Waals surface area contributed by atoms with Gasteiger partial charge < -0.3 is 9.67 Å². The second kappa shape index (κ2) is 7.95. The fraction of sp³-hybridized carbons (Fsp3) is 0.385. The first-order valence-electron chi connectivity index (χ1n) is 5.86. The molecule has 0 unspecified atom stereocenters. The number of nitriles is 1. The van der Waals surface area contributed by atoms with Crippen molar-refractivity contribution in [3.05, 3.63) is 29.6 Å². The van der Waals surface area contributed by atoms with E-state index in [1.807, 2.05) is 10.6 Å². The van der Waals surface area contributed by atoms with Crippen LogP contribution in [0.1, 0.15) is 24.2 Å². The van der Waals surface area contributed by atoms with Crippen LogP contribution in [-0.2, 0) is 13.2 Å². The minimum atomic E-state index is -0.334. The molecule has 0 atom stereocenters. The number of imidazole rings is 1. The van der Waals surface area contributed by atoms with Crippen molar-refractivity contribution in [3.8, 4) is 6.07 Å². The van der Waals surface area contributed by atoms with Gasteiger partial charge in [-0.2, -0.15) is 5.26 Å². The van der Waals surface area contributed by atoms with E-state index >= 15 is 0 Å². The number of aliphatic hydroxyl groups excluding tert-OH is 1. The number of unbranched alkanes of at least 4 members (excludes halogenated alkanes) is 1. The van der Waals surface area contributed by atoms with Gasteiger partial charge in [0.2, 0.25) is 0 Å². The van der Waals surface area contributed by atoms with Gasteiger partial charge in [0.25, 0.3) is 0 Å². The van der Waals surface area contributed by atoms with E-state index < -0.39 is 0 Å². The van der Waals surface area contributed by atoms with Gasteiger partial charge in [-0.25, -0.2) is 4.98 Å². The number of nitrogens with zero attached hydrogens (tertiary/aromatic N) is 3. The van der Waals surface area contributed by atoms with Crippen LogP contribution in [0.3, 0.4) is 0 Å². The first kappa shape index (κ1) is 16.6. The van der Waals surface area contributed by atoms with Crippen molar-refractivity contribution in [1.29, 1.82) is 5.26 Å². The first-order valence-corrected chi connectivity index (χ1v) is 5.86. The molecule has 0 aliphatic rings. The first-order chi connectivity index (χ1) is 8.80. The molecule has 1 aromatic carbocycles. The van der Waals surface area contributed by atoms with Crippen LogP contribution in [0.15, 0.2) is 18.2 Å². The molecular weight excluding hydrogens is 460 g/mol. The Bertz CT molecular complexity index is 591. The number of hydrogen-bond donors (Lipinski definition) is 1. The minimum Gasteiger partial charge on any atom is -0.388 e. The Morgan fingerprint density at radius 1 is 1.37 bits per heavy atom. The van der Waals surface area contributed by atoms with Crippen LogP contribution in [0.25, 0.3) is 11.0 Å². The van der Waals surface area contributed by atoms with Crippen LogP contribution in [-0.4, -0.2) is 21.3 Å². The molecule has 2 aromatic rings. The third kappa shape index (κ3) is 3.75. The Balaban J connectivity index is 0.00000180. The zero-order valence-electron chi connectivity index (χ0n) is 10.5. The van der Waals surface area contributed by atoms with Crippen molar-refractivity contribution in [3.63, 3.8) is 0 Å². The van der Waals surface area contributed by atoms with Gasteiger partial charge in [-0.3, -0.25) is 4.39 Å². The van der Waals surface area contributed by atoms with E-state index in [9.17, 15) is 9.50 Å². The van der Waals surface area contributed by atoms with E-state index in [2.05, 4.69) is 11.1 Å². The van der Waals surface area contributed by atoms with Crippen LogP contribution in [0.5, 0.6) is 0 Å². The summed E-state index contributed by atoms with van der Waals surface area (Å²) in [5.74, 6) is 0.555. The number of halogens is 1. The Kier molecular flexibility index (Phi) is 6.93.